The molecule has 11 aromatic rings. The lowest BCUT2D eigenvalue weighted by Crippen LogP contribution is -2.01. The van der Waals surface area contributed by atoms with Crippen LogP contribution in [0.3, 0.4) is 0 Å². The monoisotopic (exact) mass is 779 g/mol. The van der Waals surface area contributed by atoms with Gasteiger partial charge in [-0.2, -0.15) is 0 Å². The fourth-order valence-corrected chi connectivity index (χ4v) is 8.34. The highest BCUT2D eigenvalue weighted by Crippen LogP contribution is 2.46. The molecule has 9 aromatic carbocycles. The van der Waals surface area contributed by atoms with Crippen LogP contribution in [-0.2, 0) is 0 Å². The molecule has 0 N–H and O–H groups in total. The molecule has 4 nitrogen and oxygen atoms in total. The summed E-state index contributed by atoms with van der Waals surface area (Å²) in [5.74, 6) is 1.69. The molecule has 0 fully saturated rings. The van der Waals surface area contributed by atoms with E-state index in [-0.39, 0.29) is 0 Å². The third kappa shape index (κ3) is 6.86. The molecule has 0 unspecified atom stereocenters. The van der Waals surface area contributed by atoms with Gasteiger partial charge < -0.3 is 4.42 Å². The maximum Gasteiger partial charge on any atom is 0.167 e. The van der Waals surface area contributed by atoms with Gasteiger partial charge in [0.2, 0.25) is 0 Å². The second kappa shape index (κ2) is 15.5. The minimum atomic E-state index is 0.531. The molecule has 2 heterocycles. The van der Waals surface area contributed by atoms with Gasteiger partial charge in [-0.25, -0.2) is 15.0 Å². The van der Waals surface area contributed by atoms with E-state index >= 15 is 0 Å². The summed E-state index contributed by atoms with van der Waals surface area (Å²) < 4.78 is 7.22. The van der Waals surface area contributed by atoms with Crippen molar-refractivity contribution < 1.29 is 4.42 Å². The van der Waals surface area contributed by atoms with E-state index in [0.717, 1.165) is 94.3 Å². The minimum Gasteiger partial charge on any atom is -0.455 e. The molecule has 0 saturated heterocycles. The first-order valence-electron chi connectivity index (χ1n) is 20.5. The third-order valence-electron chi connectivity index (χ3n) is 11.3. The average molecular weight is 780 g/mol. The van der Waals surface area contributed by atoms with Gasteiger partial charge in [0.25, 0.3) is 0 Å². The van der Waals surface area contributed by atoms with Crippen LogP contribution in [0.25, 0.3) is 112 Å². The van der Waals surface area contributed by atoms with Gasteiger partial charge >= 0.3 is 0 Å². The van der Waals surface area contributed by atoms with E-state index in [1.807, 2.05) is 48.5 Å². The molecule has 61 heavy (non-hydrogen) atoms. The Morgan fingerprint density at radius 1 is 0.246 bits per heavy atom. The standard InChI is InChI=1S/C57H37N3O/c1-7-19-38(20-8-1)44-33-45(39-21-9-2-10-22-39)35-47(34-44)56-58-55(43-29-17-6-18-30-43)59-57(60-56)49-32-31-48(41-25-13-4-14-26-41)52-51-37-46(40-23-11-3-12-24-40)36-50(53(51)61-54(49)52)42-27-15-5-16-28-42/h1-37H. The third-order valence-corrected chi connectivity index (χ3v) is 11.3. The Kier molecular flexibility index (Phi) is 9.14. The van der Waals surface area contributed by atoms with Crippen molar-refractivity contribution in [2.75, 3.05) is 0 Å². The first-order valence-corrected chi connectivity index (χ1v) is 20.5. The van der Waals surface area contributed by atoms with Crippen LogP contribution in [0.5, 0.6) is 0 Å². The zero-order chi connectivity index (χ0) is 40.5. The Labute approximate surface area is 354 Å². The summed E-state index contributed by atoms with van der Waals surface area (Å²) in [4.78, 5) is 15.8. The van der Waals surface area contributed by atoms with Gasteiger partial charge in [0.1, 0.15) is 11.2 Å². The van der Waals surface area contributed by atoms with Crippen LogP contribution in [0.15, 0.2) is 229 Å². The van der Waals surface area contributed by atoms with E-state index in [4.69, 9.17) is 19.4 Å². The summed E-state index contributed by atoms with van der Waals surface area (Å²) in [5, 5.41) is 2.03. The van der Waals surface area contributed by atoms with Crippen molar-refractivity contribution in [3.05, 3.63) is 224 Å². The summed E-state index contributed by atoms with van der Waals surface area (Å²) in [6, 6.07) is 78.1. The number of rotatable bonds is 8. The molecule has 0 saturated carbocycles. The molecule has 286 valence electrons. The number of aromatic nitrogens is 3. The number of nitrogens with zero attached hydrogens (tertiary/aromatic N) is 3. The van der Waals surface area contributed by atoms with Gasteiger partial charge in [-0.15, -0.1) is 0 Å². The van der Waals surface area contributed by atoms with E-state index in [1.165, 1.54) is 0 Å². The smallest absolute Gasteiger partial charge is 0.167 e. The Hall–Kier alpha value is -8.21. The van der Waals surface area contributed by atoms with Crippen molar-refractivity contribution >= 4 is 21.9 Å². The summed E-state index contributed by atoms with van der Waals surface area (Å²) in [6.07, 6.45) is 0. The Morgan fingerprint density at radius 2 is 0.623 bits per heavy atom. The lowest BCUT2D eigenvalue weighted by molar-refractivity contribution is 0.670. The summed E-state index contributed by atoms with van der Waals surface area (Å²) in [6.45, 7) is 0. The van der Waals surface area contributed by atoms with Crippen molar-refractivity contribution in [2.45, 2.75) is 0 Å². The van der Waals surface area contributed by atoms with Crippen LogP contribution in [-0.4, -0.2) is 15.0 Å². The molecule has 0 aliphatic rings. The van der Waals surface area contributed by atoms with Crippen molar-refractivity contribution in [1.82, 2.24) is 15.0 Å². The van der Waals surface area contributed by atoms with Crippen molar-refractivity contribution in [3.63, 3.8) is 0 Å². The molecule has 0 radical (unpaired) electrons. The largest absolute Gasteiger partial charge is 0.455 e. The molecular weight excluding hydrogens is 743 g/mol. The predicted molar refractivity (Wildman–Crippen MR) is 251 cm³/mol. The summed E-state index contributed by atoms with van der Waals surface area (Å²) >= 11 is 0. The fraction of sp³-hybridized carbons (Fsp3) is 0. The van der Waals surface area contributed by atoms with Crippen molar-refractivity contribution in [1.29, 1.82) is 0 Å². The second-order valence-electron chi connectivity index (χ2n) is 15.2. The maximum absolute atomic E-state index is 7.22. The van der Waals surface area contributed by atoms with Crippen LogP contribution in [0.1, 0.15) is 0 Å². The van der Waals surface area contributed by atoms with E-state index in [1.54, 1.807) is 0 Å². The Bertz CT molecular complexity index is 3260. The summed E-state index contributed by atoms with van der Waals surface area (Å²) in [5.41, 5.74) is 15.0. The highest BCUT2D eigenvalue weighted by atomic mass is 16.3. The zero-order valence-corrected chi connectivity index (χ0v) is 33.1. The highest BCUT2D eigenvalue weighted by Gasteiger charge is 2.24. The van der Waals surface area contributed by atoms with Gasteiger partial charge in [-0.05, 0) is 86.5 Å². The molecule has 0 amide bonds. The molecular formula is C57H37N3O. The lowest BCUT2D eigenvalue weighted by Gasteiger charge is -2.13. The first-order chi connectivity index (χ1) is 30.2. The second-order valence-corrected chi connectivity index (χ2v) is 15.2. The quantitative estimate of drug-likeness (QED) is 0.154. The van der Waals surface area contributed by atoms with Crippen LogP contribution in [0.4, 0.5) is 0 Å². The van der Waals surface area contributed by atoms with Gasteiger partial charge in [0, 0.05) is 27.5 Å². The molecule has 4 heteroatoms. The van der Waals surface area contributed by atoms with E-state index in [0.29, 0.717) is 17.5 Å². The number of furan rings is 1. The predicted octanol–water partition coefficient (Wildman–Crippen LogP) is 15.1. The van der Waals surface area contributed by atoms with Gasteiger partial charge in [-0.3, -0.25) is 0 Å². The number of hydrogen-bond donors (Lipinski definition) is 0. The molecule has 0 aliphatic carbocycles. The Balaban J connectivity index is 1.21. The van der Waals surface area contributed by atoms with E-state index < -0.39 is 0 Å². The van der Waals surface area contributed by atoms with Crippen molar-refractivity contribution in [3.8, 4) is 89.8 Å². The van der Waals surface area contributed by atoms with E-state index in [2.05, 4.69) is 176 Å². The van der Waals surface area contributed by atoms with Crippen molar-refractivity contribution in [2.24, 2.45) is 0 Å². The SMILES string of the molecule is c1ccc(-c2cc(-c3ccccc3)cc(-c3nc(-c4ccccc4)nc(-c4ccc(-c5ccccc5)c5c4oc4c(-c6ccccc6)cc(-c6ccccc6)cc45)n3)c2)cc1. The normalized spacial score (nSPS) is 11.3. The average Bonchev–Trinajstić information content (AvgIpc) is 3.74. The molecule has 11 rings (SSSR count). The molecule has 0 aliphatic heterocycles. The molecule has 0 spiro atoms. The van der Waals surface area contributed by atoms with Crippen LogP contribution in [0, 0.1) is 0 Å². The van der Waals surface area contributed by atoms with Gasteiger partial charge in [0.05, 0.1) is 5.56 Å². The number of fused-ring (bicyclic) bond motifs is 3. The Morgan fingerprint density at radius 3 is 1.13 bits per heavy atom. The first kappa shape index (κ1) is 35.9. The molecule has 0 bridgehead atoms. The number of hydrogen-bond acceptors (Lipinski definition) is 4. The zero-order valence-electron chi connectivity index (χ0n) is 33.1. The van der Waals surface area contributed by atoms with E-state index in [9.17, 15) is 0 Å². The van der Waals surface area contributed by atoms with Gasteiger partial charge in [-0.1, -0.05) is 188 Å². The minimum absolute atomic E-state index is 0.531. The topological polar surface area (TPSA) is 51.8 Å². The maximum atomic E-state index is 7.22. The van der Waals surface area contributed by atoms with Crippen LogP contribution >= 0.6 is 0 Å². The van der Waals surface area contributed by atoms with Crippen LogP contribution < -0.4 is 0 Å². The lowest BCUT2D eigenvalue weighted by atomic mass is 9.92. The number of benzene rings is 9. The van der Waals surface area contributed by atoms with Crippen LogP contribution in [0.2, 0.25) is 0 Å². The molecule has 0 atom stereocenters. The highest BCUT2D eigenvalue weighted by molar-refractivity contribution is 6.19. The van der Waals surface area contributed by atoms with Gasteiger partial charge in [0.15, 0.2) is 17.5 Å². The fourth-order valence-electron chi connectivity index (χ4n) is 8.34. The summed E-state index contributed by atoms with van der Waals surface area (Å²) in [7, 11) is 0. The molecule has 2 aromatic heterocycles.